The molecule has 0 aliphatic carbocycles. The number of carbonyl (C=O) groups excluding carboxylic acids is 1. The Morgan fingerprint density at radius 2 is 1.89 bits per heavy atom. The number of nitrogens with zero attached hydrogens (tertiary/aromatic N) is 1. The second kappa shape index (κ2) is 9.66. The zero-order valence-corrected chi connectivity index (χ0v) is 17.2. The van der Waals surface area contributed by atoms with Crippen LogP contribution in [0.4, 0.5) is 0 Å². The van der Waals surface area contributed by atoms with Crippen LogP contribution in [-0.4, -0.2) is 36.6 Å². The molecule has 4 nitrogen and oxygen atoms in total. The molecule has 0 radical (unpaired) electrons. The number of rotatable bonds is 7. The fourth-order valence-corrected chi connectivity index (χ4v) is 5.32. The average molecular weight is 400 g/mol. The summed E-state index contributed by atoms with van der Waals surface area (Å²) in [5.74, 6) is 2.97. The van der Waals surface area contributed by atoms with Gasteiger partial charge in [-0.15, -0.1) is 11.8 Å². The van der Waals surface area contributed by atoms with Crippen molar-refractivity contribution in [3.05, 3.63) is 59.5 Å². The number of thioether (sulfide) groups is 1. The summed E-state index contributed by atoms with van der Waals surface area (Å²) in [6, 6.07) is 14.6. The Morgan fingerprint density at radius 1 is 1.04 bits per heavy atom. The molecule has 0 bridgehead atoms. The Hall–Kier alpha value is -1.72. The number of hydrogen-bond donors (Lipinski definition) is 0. The van der Waals surface area contributed by atoms with Gasteiger partial charge in [-0.1, -0.05) is 36.8 Å². The van der Waals surface area contributed by atoms with Gasteiger partial charge in [0.1, 0.15) is 5.76 Å². The van der Waals surface area contributed by atoms with Gasteiger partial charge in [0.25, 0.3) is 0 Å². The molecule has 5 heteroatoms. The summed E-state index contributed by atoms with van der Waals surface area (Å²) >= 11 is 1.78. The van der Waals surface area contributed by atoms with Crippen molar-refractivity contribution >= 4 is 17.7 Å². The molecule has 1 aromatic heterocycles. The number of piperidine rings is 2. The molecule has 2 atom stereocenters. The van der Waals surface area contributed by atoms with Crippen LogP contribution in [0.1, 0.15) is 54.0 Å². The van der Waals surface area contributed by atoms with E-state index in [1.54, 1.807) is 17.8 Å². The van der Waals surface area contributed by atoms with Crippen molar-refractivity contribution in [2.75, 3.05) is 19.7 Å². The normalized spacial score (nSPS) is 22.6. The van der Waals surface area contributed by atoms with Gasteiger partial charge < -0.3 is 9.15 Å². The van der Waals surface area contributed by atoms with Gasteiger partial charge in [0.2, 0.25) is 5.76 Å². The Labute approximate surface area is 171 Å². The first-order valence-corrected chi connectivity index (χ1v) is 11.6. The summed E-state index contributed by atoms with van der Waals surface area (Å²) in [7, 11) is 0. The molecule has 150 valence electrons. The molecule has 28 heavy (non-hydrogen) atoms. The molecule has 2 aliphatic heterocycles. The third-order valence-corrected chi connectivity index (χ3v) is 6.90. The molecule has 2 saturated heterocycles. The van der Waals surface area contributed by atoms with E-state index in [1.165, 1.54) is 44.3 Å². The van der Waals surface area contributed by atoms with Crippen LogP contribution in [0.3, 0.4) is 0 Å². The van der Waals surface area contributed by atoms with E-state index in [9.17, 15) is 4.79 Å². The number of esters is 1. The van der Waals surface area contributed by atoms with Gasteiger partial charge in [-0.3, -0.25) is 4.90 Å². The fraction of sp³-hybridized carbons (Fsp3) is 0.522. The van der Waals surface area contributed by atoms with Crippen molar-refractivity contribution in [1.29, 1.82) is 0 Å². The van der Waals surface area contributed by atoms with Gasteiger partial charge in [-0.25, -0.2) is 4.79 Å². The quantitative estimate of drug-likeness (QED) is 0.604. The van der Waals surface area contributed by atoms with Gasteiger partial charge in [0.05, 0.1) is 12.4 Å². The lowest BCUT2D eigenvalue weighted by Crippen LogP contribution is -2.49. The first kappa shape index (κ1) is 19.6. The van der Waals surface area contributed by atoms with Gasteiger partial charge in [-0.05, 0) is 56.5 Å². The molecular formula is C23H29NO3S. The number of ether oxygens (including phenoxy) is 1. The van der Waals surface area contributed by atoms with Gasteiger partial charge in [0.15, 0.2) is 0 Å². The summed E-state index contributed by atoms with van der Waals surface area (Å²) in [6.07, 6.45) is 6.22. The average Bonchev–Trinajstić information content (AvgIpc) is 3.22. The minimum absolute atomic E-state index is 0.326. The predicted molar refractivity (Wildman–Crippen MR) is 112 cm³/mol. The molecule has 4 rings (SSSR count). The number of carbonyl (C=O) groups is 1. The molecule has 3 heterocycles. The zero-order chi connectivity index (χ0) is 19.2. The molecule has 0 spiro atoms. The Morgan fingerprint density at radius 3 is 2.79 bits per heavy atom. The SMILES string of the molecule is O=C(OC[C@H]1CCCN2CCCC[C@@H]12)c1ccc(CSCc2ccccc2)o1. The van der Waals surface area contributed by atoms with Crippen LogP contribution < -0.4 is 0 Å². The lowest BCUT2D eigenvalue weighted by molar-refractivity contribution is 0.00545. The van der Waals surface area contributed by atoms with E-state index in [1.807, 2.05) is 12.1 Å². The third-order valence-electron chi connectivity index (χ3n) is 5.88. The lowest BCUT2D eigenvalue weighted by atomic mass is 9.84. The van der Waals surface area contributed by atoms with E-state index in [0.29, 0.717) is 24.3 Å². The highest BCUT2D eigenvalue weighted by molar-refractivity contribution is 7.97. The summed E-state index contributed by atoms with van der Waals surface area (Å²) in [6.45, 7) is 2.92. The van der Waals surface area contributed by atoms with Crippen LogP contribution in [0.2, 0.25) is 0 Å². The van der Waals surface area contributed by atoms with Crippen LogP contribution in [0.15, 0.2) is 46.9 Å². The van der Waals surface area contributed by atoms with Gasteiger partial charge >= 0.3 is 5.97 Å². The van der Waals surface area contributed by atoms with E-state index in [4.69, 9.17) is 9.15 Å². The summed E-state index contributed by atoms with van der Waals surface area (Å²) in [5.41, 5.74) is 1.29. The number of fused-ring (bicyclic) bond motifs is 1. The lowest BCUT2D eigenvalue weighted by Gasteiger charge is -2.44. The Bertz CT molecular complexity index is 758. The third kappa shape index (κ3) is 5.00. The highest BCUT2D eigenvalue weighted by Crippen LogP contribution is 2.31. The standard InChI is InChI=1S/C23H29NO3S/c25-23(26-15-19-9-6-14-24-13-5-4-10-21(19)24)22-12-11-20(27-22)17-28-16-18-7-2-1-3-8-18/h1-3,7-8,11-12,19,21H,4-6,9-10,13-17H2/t19-,21+/m1/s1. The largest absolute Gasteiger partial charge is 0.459 e. The second-order valence-corrected chi connectivity index (χ2v) is 8.83. The maximum atomic E-state index is 12.4. The molecule has 2 aliphatic rings. The van der Waals surface area contributed by atoms with E-state index in [-0.39, 0.29) is 5.97 Å². The molecular weight excluding hydrogens is 370 g/mol. The smallest absolute Gasteiger partial charge is 0.374 e. The van der Waals surface area contributed by atoms with Gasteiger partial charge in [-0.2, -0.15) is 0 Å². The first-order valence-electron chi connectivity index (χ1n) is 10.4. The van der Waals surface area contributed by atoms with Crippen LogP contribution >= 0.6 is 11.8 Å². The minimum atomic E-state index is -0.327. The molecule has 2 aromatic rings. The van der Waals surface area contributed by atoms with Crippen LogP contribution in [0, 0.1) is 5.92 Å². The van der Waals surface area contributed by atoms with E-state index in [0.717, 1.165) is 23.7 Å². The monoisotopic (exact) mass is 399 g/mol. The number of furan rings is 1. The molecule has 0 saturated carbocycles. The molecule has 0 unspecified atom stereocenters. The van der Waals surface area contributed by atoms with E-state index < -0.39 is 0 Å². The first-order chi connectivity index (χ1) is 13.8. The van der Waals surface area contributed by atoms with Crippen LogP contribution in [0.25, 0.3) is 0 Å². The van der Waals surface area contributed by atoms with Gasteiger partial charge in [0, 0.05) is 17.7 Å². The van der Waals surface area contributed by atoms with E-state index in [2.05, 4.69) is 29.2 Å². The molecule has 0 N–H and O–H groups in total. The number of hydrogen-bond acceptors (Lipinski definition) is 5. The molecule has 0 amide bonds. The van der Waals surface area contributed by atoms with E-state index >= 15 is 0 Å². The summed E-state index contributed by atoms with van der Waals surface area (Å²) in [5, 5.41) is 0. The van der Waals surface area contributed by atoms with Crippen molar-refractivity contribution in [1.82, 2.24) is 4.90 Å². The van der Waals surface area contributed by atoms with Crippen molar-refractivity contribution in [3.63, 3.8) is 0 Å². The Kier molecular flexibility index (Phi) is 6.76. The van der Waals surface area contributed by atoms with Crippen molar-refractivity contribution in [2.45, 2.75) is 49.7 Å². The topological polar surface area (TPSA) is 42.7 Å². The molecule has 2 fully saturated rings. The second-order valence-electron chi connectivity index (χ2n) is 7.84. The zero-order valence-electron chi connectivity index (χ0n) is 16.3. The number of benzene rings is 1. The predicted octanol–water partition coefficient (Wildman–Crippen LogP) is 5.13. The summed E-state index contributed by atoms with van der Waals surface area (Å²) < 4.78 is 11.4. The highest BCUT2D eigenvalue weighted by atomic mass is 32.2. The van der Waals surface area contributed by atoms with Crippen molar-refractivity contribution < 1.29 is 13.9 Å². The minimum Gasteiger partial charge on any atom is -0.459 e. The fourth-order valence-electron chi connectivity index (χ4n) is 4.43. The maximum Gasteiger partial charge on any atom is 0.374 e. The van der Waals surface area contributed by atoms with Crippen LogP contribution in [-0.2, 0) is 16.2 Å². The highest BCUT2D eigenvalue weighted by Gasteiger charge is 2.33. The maximum absolute atomic E-state index is 12.4. The summed E-state index contributed by atoms with van der Waals surface area (Å²) in [4.78, 5) is 15.0. The van der Waals surface area contributed by atoms with Crippen LogP contribution in [0.5, 0.6) is 0 Å². The van der Waals surface area contributed by atoms with Crippen molar-refractivity contribution in [2.24, 2.45) is 5.92 Å². The Balaban J connectivity index is 1.24. The van der Waals surface area contributed by atoms with Crippen molar-refractivity contribution in [3.8, 4) is 0 Å². The molecule has 1 aromatic carbocycles.